The molecular weight excluding hydrogens is 276 g/mol. The van der Waals surface area contributed by atoms with Crippen molar-refractivity contribution >= 4 is 5.97 Å². The van der Waals surface area contributed by atoms with Crippen LogP contribution in [0.1, 0.15) is 67.2 Å². The molecule has 0 aliphatic rings. The van der Waals surface area contributed by atoms with Crippen molar-refractivity contribution in [3.05, 3.63) is 23.8 Å². The molecule has 2 atom stereocenters. The summed E-state index contributed by atoms with van der Waals surface area (Å²) in [5, 5.41) is 0. The van der Waals surface area contributed by atoms with Crippen LogP contribution in [0.2, 0.25) is 0 Å². The fourth-order valence-corrected chi connectivity index (χ4v) is 2.27. The molecule has 0 aliphatic heterocycles. The Morgan fingerprint density at radius 2 is 1.91 bits per heavy atom. The van der Waals surface area contributed by atoms with Crippen molar-refractivity contribution in [1.82, 2.24) is 0 Å². The zero-order valence-electron chi connectivity index (χ0n) is 15.3. The monoisotopic (exact) mass is 310 g/mol. The van der Waals surface area contributed by atoms with E-state index in [9.17, 15) is 4.79 Å². The van der Waals surface area contributed by atoms with Crippen LogP contribution in [-0.4, -0.2) is 24.8 Å². The Balaban J connectivity index is 4.19. The second-order valence-corrected chi connectivity index (χ2v) is 6.16. The van der Waals surface area contributed by atoms with E-state index in [4.69, 9.17) is 9.47 Å². The highest BCUT2D eigenvalue weighted by Gasteiger charge is 2.22. The third kappa shape index (κ3) is 9.78. The SMILES string of the molecule is CCOC(=O)C=C(C)C=CCC(C)CCC(C)(CC)OCC. The summed E-state index contributed by atoms with van der Waals surface area (Å²) in [4.78, 5) is 11.3. The number of hydrogen-bond acceptors (Lipinski definition) is 3. The molecule has 0 saturated heterocycles. The van der Waals surface area contributed by atoms with Gasteiger partial charge in [0.25, 0.3) is 0 Å². The molecule has 0 aliphatic carbocycles. The molecule has 0 N–H and O–H groups in total. The molecule has 0 bridgehead atoms. The van der Waals surface area contributed by atoms with E-state index in [1.165, 1.54) is 6.08 Å². The van der Waals surface area contributed by atoms with Crippen LogP contribution < -0.4 is 0 Å². The minimum absolute atomic E-state index is 0.00640. The quantitative estimate of drug-likeness (QED) is 0.304. The van der Waals surface area contributed by atoms with Gasteiger partial charge in [-0.15, -0.1) is 0 Å². The van der Waals surface area contributed by atoms with E-state index in [2.05, 4.69) is 33.8 Å². The third-order valence-electron chi connectivity index (χ3n) is 3.96. The number of hydrogen-bond donors (Lipinski definition) is 0. The van der Waals surface area contributed by atoms with Gasteiger partial charge >= 0.3 is 5.97 Å². The number of carbonyl (C=O) groups is 1. The fraction of sp³-hybridized carbons (Fsp3) is 0.737. The van der Waals surface area contributed by atoms with Crippen molar-refractivity contribution in [3.8, 4) is 0 Å². The Labute approximate surface area is 136 Å². The maximum absolute atomic E-state index is 11.3. The third-order valence-corrected chi connectivity index (χ3v) is 3.96. The molecule has 0 fully saturated rings. The minimum Gasteiger partial charge on any atom is -0.463 e. The van der Waals surface area contributed by atoms with E-state index >= 15 is 0 Å². The summed E-state index contributed by atoms with van der Waals surface area (Å²) in [5.74, 6) is 0.339. The smallest absolute Gasteiger partial charge is 0.330 e. The van der Waals surface area contributed by atoms with Gasteiger partial charge in [0, 0.05) is 12.7 Å². The van der Waals surface area contributed by atoms with E-state index in [0.717, 1.165) is 37.9 Å². The lowest BCUT2D eigenvalue weighted by atomic mass is 9.90. The number of allylic oxidation sites excluding steroid dienone is 3. The Morgan fingerprint density at radius 3 is 2.45 bits per heavy atom. The van der Waals surface area contributed by atoms with Crippen LogP contribution in [0.25, 0.3) is 0 Å². The lowest BCUT2D eigenvalue weighted by Gasteiger charge is -2.29. The first-order valence-electron chi connectivity index (χ1n) is 8.52. The zero-order valence-corrected chi connectivity index (χ0v) is 15.3. The molecule has 0 aromatic rings. The Kier molecular flexibility index (Phi) is 10.9. The van der Waals surface area contributed by atoms with Crippen LogP contribution in [0.15, 0.2) is 23.8 Å². The standard InChI is InChI=1S/C19H34O3/c1-7-19(6,22-9-3)14-13-16(4)11-10-12-17(5)15-18(20)21-8-2/h10,12,15-16H,7-9,11,13-14H2,1-6H3. The molecule has 3 nitrogen and oxygen atoms in total. The molecule has 128 valence electrons. The number of ether oxygens (including phenoxy) is 2. The largest absolute Gasteiger partial charge is 0.463 e. The van der Waals surface area contributed by atoms with E-state index in [-0.39, 0.29) is 11.6 Å². The molecule has 0 aromatic carbocycles. The first kappa shape index (κ1) is 20.9. The first-order chi connectivity index (χ1) is 10.4. The van der Waals surface area contributed by atoms with Crippen molar-refractivity contribution in [2.75, 3.05) is 13.2 Å². The predicted molar refractivity (Wildman–Crippen MR) is 92.9 cm³/mol. The molecule has 0 radical (unpaired) electrons. The maximum atomic E-state index is 11.3. The van der Waals surface area contributed by atoms with Gasteiger partial charge in [-0.3, -0.25) is 0 Å². The first-order valence-corrected chi connectivity index (χ1v) is 8.52. The summed E-state index contributed by atoms with van der Waals surface area (Å²) in [6.07, 6.45) is 9.96. The van der Waals surface area contributed by atoms with Gasteiger partial charge in [-0.05, 0) is 64.9 Å². The average molecular weight is 310 g/mol. The molecular formula is C19H34O3. The van der Waals surface area contributed by atoms with Crippen molar-refractivity contribution in [2.45, 2.75) is 72.8 Å². The van der Waals surface area contributed by atoms with E-state index in [1.807, 2.05) is 19.9 Å². The van der Waals surface area contributed by atoms with Crippen LogP contribution in [-0.2, 0) is 14.3 Å². The van der Waals surface area contributed by atoms with Gasteiger partial charge in [-0.25, -0.2) is 4.79 Å². The predicted octanol–water partition coefficient (Wildman–Crippen LogP) is 5.06. The Morgan fingerprint density at radius 1 is 1.23 bits per heavy atom. The second kappa shape index (κ2) is 11.5. The molecule has 0 amide bonds. The van der Waals surface area contributed by atoms with Crippen LogP contribution in [0, 0.1) is 5.92 Å². The summed E-state index contributed by atoms with van der Waals surface area (Å²) < 4.78 is 10.7. The topological polar surface area (TPSA) is 35.5 Å². The molecule has 2 unspecified atom stereocenters. The van der Waals surface area contributed by atoms with Crippen molar-refractivity contribution in [3.63, 3.8) is 0 Å². The van der Waals surface area contributed by atoms with Gasteiger partial charge in [0.2, 0.25) is 0 Å². The molecule has 3 heteroatoms. The van der Waals surface area contributed by atoms with Gasteiger partial charge in [-0.2, -0.15) is 0 Å². The summed E-state index contributed by atoms with van der Waals surface area (Å²) in [6.45, 7) is 13.6. The molecule has 0 aromatic heterocycles. The van der Waals surface area contributed by atoms with Crippen molar-refractivity contribution in [2.24, 2.45) is 5.92 Å². The molecule has 0 heterocycles. The highest BCUT2D eigenvalue weighted by Crippen LogP contribution is 2.25. The van der Waals surface area contributed by atoms with Crippen LogP contribution in [0.4, 0.5) is 0 Å². The number of carbonyl (C=O) groups excluding carboxylic acids is 1. The summed E-state index contributed by atoms with van der Waals surface area (Å²) in [6, 6.07) is 0. The van der Waals surface area contributed by atoms with Crippen molar-refractivity contribution in [1.29, 1.82) is 0 Å². The fourth-order valence-electron chi connectivity index (χ4n) is 2.27. The zero-order chi connectivity index (χ0) is 17.0. The van der Waals surface area contributed by atoms with Gasteiger partial charge in [0.05, 0.1) is 12.2 Å². The van der Waals surface area contributed by atoms with E-state index in [0.29, 0.717) is 12.5 Å². The Hall–Kier alpha value is -1.09. The summed E-state index contributed by atoms with van der Waals surface area (Å²) in [5.41, 5.74) is 0.935. The van der Waals surface area contributed by atoms with E-state index in [1.54, 1.807) is 0 Å². The molecule has 0 rings (SSSR count). The van der Waals surface area contributed by atoms with Gasteiger partial charge in [0.1, 0.15) is 0 Å². The van der Waals surface area contributed by atoms with Gasteiger partial charge in [-0.1, -0.05) is 26.0 Å². The van der Waals surface area contributed by atoms with Crippen LogP contribution >= 0.6 is 0 Å². The summed E-state index contributed by atoms with van der Waals surface area (Å²) >= 11 is 0. The maximum Gasteiger partial charge on any atom is 0.330 e. The summed E-state index contributed by atoms with van der Waals surface area (Å²) in [7, 11) is 0. The van der Waals surface area contributed by atoms with Crippen molar-refractivity contribution < 1.29 is 14.3 Å². The van der Waals surface area contributed by atoms with Gasteiger partial charge in [0.15, 0.2) is 0 Å². The molecule has 22 heavy (non-hydrogen) atoms. The Bertz CT molecular complexity index is 371. The molecule has 0 saturated carbocycles. The normalized spacial score (nSPS) is 16.5. The number of esters is 1. The highest BCUT2D eigenvalue weighted by atomic mass is 16.5. The average Bonchev–Trinajstić information content (AvgIpc) is 2.45. The lowest BCUT2D eigenvalue weighted by molar-refractivity contribution is -0.137. The van der Waals surface area contributed by atoms with Crippen LogP contribution in [0.3, 0.4) is 0 Å². The number of rotatable bonds is 11. The minimum atomic E-state index is -0.270. The molecule has 0 spiro atoms. The highest BCUT2D eigenvalue weighted by molar-refractivity contribution is 5.83. The van der Waals surface area contributed by atoms with E-state index < -0.39 is 0 Å². The second-order valence-electron chi connectivity index (χ2n) is 6.16. The van der Waals surface area contributed by atoms with Crippen LogP contribution in [0.5, 0.6) is 0 Å². The lowest BCUT2D eigenvalue weighted by Crippen LogP contribution is -2.28. The van der Waals surface area contributed by atoms with Gasteiger partial charge < -0.3 is 9.47 Å².